The Balaban J connectivity index is 1.12. The van der Waals surface area contributed by atoms with Gasteiger partial charge in [0.05, 0.1) is 0 Å². The Hall–Kier alpha value is -1.80. The fourth-order valence-electron chi connectivity index (χ4n) is 4.69. The SMILES string of the molecule is c1cc(CSc2nnc(C3CCCCC3)o2)cc(CSc2nnc(C3CCCCC3)o2)c1. The molecule has 0 N–H and O–H groups in total. The van der Waals surface area contributed by atoms with Crippen molar-refractivity contribution in [2.45, 2.75) is 98.0 Å². The van der Waals surface area contributed by atoms with Crippen LogP contribution in [0.2, 0.25) is 0 Å². The predicted octanol–water partition coefficient (Wildman–Crippen LogP) is 7.13. The van der Waals surface area contributed by atoms with E-state index in [1.807, 2.05) is 0 Å². The standard InChI is InChI=1S/C24H30N4O2S2/c1-3-10-19(11-4-1)21-25-27-23(29-21)31-15-17-8-7-9-18(14-17)16-32-24-28-26-22(30-24)20-12-5-2-6-13-20/h7-9,14,19-20H,1-6,10-13,15-16H2. The summed E-state index contributed by atoms with van der Waals surface area (Å²) in [6.45, 7) is 0. The van der Waals surface area contributed by atoms with Gasteiger partial charge in [-0.05, 0) is 36.8 Å². The lowest BCUT2D eigenvalue weighted by Gasteiger charge is -2.17. The van der Waals surface area contributed by atoms with Gasteiger partial charge in [-0.2, -0.15) is 0 Å². The van der Waals surface area contributed by atoms with E-state index in [0.29, 0.717) is 22.3 Å². The van der Waals surface area contributed by atoms with Crippen molar-refractivity contribution in [3.63, 3.8) is 0 Å². The molecule has 0 unspecified atom stereocenters. The zero-order valence-corrected chi connectivity index (χ0v) is 20.0. The normalized spacial score (nSPS) is 18.2. The molecular weight excluding hydrogens is 440 g/mol. The topological polar surface area (TPSA) is 77.8 Å². The van der Waals surface area contributed by atoms with Crippen molar-refractivity contribution in [1.82, 2.24) is 20.4 Å². The summed E-state index contributed by atoms with van der Waals surface area (Å²) >= 11 is 3.23. The fraction of sp³-hybridized carbons (Fsp3) is 0.583. The Labute approximate surface area is 197 Å². The minimum atomic E-state index is 0.453. The molecule has 0 spiro atoms. The first-order valence-electron chi connectivity index (χ1n) is 11.8. The van der Waals surface area contributed by atoms with Crippen molar-refractivity contribution >= 4 is 23.5 Å². The van der Waals surface area contributed by atoms with E-state index in [2.05, 4.69) is 44.7 Å². The highest BCUT2D eigenvalue weighted by atomic mass is 32.2. The lowest BCUT2D eigenvalue weighted by atomic mass is 9.89. The van der Waals surface area contributed by atoms with Crippen LogP contribution in [-0.4, -0.2) is 20.4 Å². The third kappa shape index (κ3) is 5.76. The molecule has 2 heterocycles. The molecule has 2 fully saturated rings. The zero-order valence-electron chi connectivity index (χ0n) is 18.4. The molecule has 6 nitrogen and oxygen atoms in total. The lowest BCUT2D eigenvalue weighted by Crippen LogP contribution is -2.04. The first-order valence-corrected chi connectivity index (χ1v) is 13.8. The number of benzene rings is 1. The molecule has 170 valence electrons. The van der Waals surface area contributed by atoms with Crippen LogP contribution in [0, 0.1) is 0 Å². The molecule has 2 saturated carbocycles. The van der Waals surface area contributed by atoms with Crippen LogP contribution in [0.4, 0.5) is 0 Å². The minimum absolute atomic E-state index is 0.453. The Kier molecular flexibility index (Phi) is 7.48. The van der Waals surface area contributed by atoms with Crippen molar-refractivity contribution in [1.29, 1.82) is 0 Å². The Bertz CT molecular complexity index is 918. The maximum Gasteiger partial charge on any atom is 0.276 e. The van der Waals surface area contributed by atoms with Crippen molar-refractivity contribution in [2.75, 3.05) is 0 Å². The van der Waals surface area contributed by atoms with Gasteiger partial charge in [0, 0.05) is 23.3 Å². The van der Waals surface area contributed by atoms with E-state index < -0.39 is 0 Å². The van der Waals surface area contributed by atoms with Crippen LogP contribution in [0.15, 0.2) is 43.5 Å². The number of aromatic nitrogens is 4. The minimum Gasteiger partial charge on any atom is -0.416 e. The first-order chi connectivity index (χ1) is 15.8. The van der Waals surface area contributed by atoms with Crippen LogP contribution in [0.3, 0.4) is 0 Å². The van der Waals surface area contributed by atoms with Crippen molar-refractivity contribution in [3.05, 3.63) is 47.2 Å². The molecule has 5 rings (SSSR count). The van der Waals surface area contributed by atoms with Crippen molar-refractivity contribution in [2.24, 2.45) is 0 Å². The summed E-state index contributed by atoms with van der Waals surface area (Å²) in [7, 11) is 0. The molecule has 0 bridgehead atoms. The quantitative estimate of drug-likeness (QED) is 0.322. The van der Waals surface area contributed by atoms with Gasteiger partial charge < -0.3 is 8.83 Å². The highest BCUT2D eigenvalue weighted by molar-refractivity contribution is 7.98. The van der Waals surface area contributed by atoms with Gasteiger partial charge in [-0.15, -0.1) is 20.4 Å². The molecule has 1 aromatic carbocycles. The number of hydrogen-bond acceptors (Lipinski definition) is 8. The van der Waals surface area contributed by atoms with Crippen LogP contribution in [0.1, 0.15) is 99.0 Å². The molecule has 32 heavy (non-hydrogen) atoms. The van der Waals surface area contributed by atoms with Gasteiger partial charge in [-0.1, -0.05) is 86.3 Å². The van der Waals surface area contributed by atoms with Gasteiger partial charge in [0.2, 0.25) is 11.8 Å². The summed E-state index contributed by atoms with van der Waals surface area (Å²) in [5.74, 6) is 4.19. The number of rotatable bonds is 8. The molecule has 0 atom stereocenters. The Morgan fingerprint density at radius 3 is 1.59 bits per heavy atom. The van der Waals surface area contributed by atoms with E-state index in [4.69, 9.17) is 8.83 Å². The number of thioether (sulfide) groups is 2. The average molecular weight is 471 g/mol. The van der Waals surface area contributed by atoms with Gasteiger partial charge in [-0.3, -0.25) is 0 Å². The number of hydrogen-bond donors (Lipinski definition) is 0. The van der Waals surface area contributed by atoms with E-state index in [0.717, 1.165) is 23.3 Å². The zero-order chi connectivity index (χ0) is 21.6. The lowest BCUT2D eigenvalue weighted by molar-refractivity contribution is 0.334. The van der Waals surface area contributed by atoms with Crippen molar-refractivity contribution in [3.8, 4) is 0 Å². The molecule has 0 saturated heterocycles. The van der Waals surface area contributed by atoms with E-state index in [1.165, 1.54) is 75.3 Å². The third-order valence-electron chi connectivity index (χ3n) is 6.47. The van der Waals surface area contributed by atoms with Crippen molar-refractivity contribution < 1.29 is 8.83 Å². The second kappa shape index (κ2) is 10.9. The summed E-state index contributed by atoms with van der Waals surface area (Å²) in [5.41, 5.74) is 2.50. The average Bonchev–Trinajstić information content (AvgIpc) is 3.53. The molecule has 0 aliphatic heterocycles. The number of nitrogens with zero attached hydrogens (tertiary/aromatic N) is 4. The molecule has 2 aliphatic rings. The van der Waals surface area contributed by atoms with E-state index in [9.17, 15) is 0 Å². The highest BCUT2D eigenvalue weighted by Gasteiger charge is 2.22. The first kappa shape index (κ1) is 22.0. The smallest absolute Gasteiger partial charge is 0.276 e. The van der Waals surface area contributed by atoms with E-state index >= 15 is 0 Å². The van der Waals surface area contributed by atoms with Crippen LogP contribution < -0.4 is 0 Å². The molecule has 2 aromatic heterocycles. The molecule has 3 aromatic rings. The highest BCUT2D eigenvalue weighted by Crippen LogP contribution is 2.35. The van der Waals surface area contributed by atoms with Gasteiger partial charge in [0.25, 0.3) is 10.4 Å². The van der Waals surface area contributed by atoms with E-state index in [-0.39, 0.29) is 0 Å². The van der Waals surface area contributed by atoms with E-state index in [1.54, 1.807) is 23.5 Å². The Morgan fingerprint density at radius 1 is 0.656 bits per heavy atom. The molecule has 0 radical (unpaired) electrons. The second-order valence-electron chi connectivity index (χ2n) is 8.88. The second-order valence-corrected chi connectivity index (χ2v) is 10.7. The van der Waals surface area contributed by atoms with Crippen LogP contribution in [-0.2, 0) is 11.5 Å². The monoisotopic (exact) mass is 470 g/mol. The van der Waals surface area contributed by atoms with Gasteiger partial charge in [-0.25, -0.2) is 0 Å². The van der Waals surface area contributed by atoms with Crippen LogP contribution in [0.25, 0.3) is 0 Å². The van der Waals surface area contributed by atoms with Gasteiger partial charge >= 0.3 is 0 Å². The van der Waals surface area contributed by atoms with Gasteiger partial charge in [0.15, 0.2) is 0 Å². The van der Waals surface area contributed by atoms with Crippen LogP contribution in [0.5, 0.6) is 0 Å². The largest absolute Gasteiger partial charge is 0.416 e. The summed E-state index contributed by atoms with van der Waals surface area (Å²) in [5, 5.41) is 18.5. The molecule has 0 amide bonds. The summed E-state index contributed by atoms with van der Waals surface area (Å²) < 4.78 is 11.9. The van der Waals surface area contributed by atoms with Crippen LogP contribution >= 0.6 is 23.5 Å². The molecular formula is C24H30N4O2S2. The predicted molar refractivity (Wildman–Crippen MR) is 126 cm³/mol. The summed E-state index contributed by atoms with van der Waals surface area (Å²) in [6.07, 6.45) is 12.4. The summed E-state index contributed by atoms with van der Waals surface area (Å²) in [6, 6.07) is 8.63. The Morgan fingerprint density at radius 2 is 1.12 bits per heavy atom. The third-order valence-corrected chi connectivity index (χ3v) is 8.25. The maximum absolute atomic E-state index is 5.94. The molecule has 8 heteroatoms. The van der Waals surface area contributed by atoms with Gasteiger partial charge in [0.1, 0.15) is 0 Å². The maximum atomic E-state index is 5.94. The fourth-order valence-corrected chi connectivity index (χ4v) is 6.11. The summed E-state index contributed by atoms with van der Waals surface area (Å²) in [4.78, 5) is 0. The molecule has 2 aliphatic carbocycles.